The zero-order valence-electron chi connectivity index (χ0n) is 28.0. The van der Waals surface area contributed by atoms with Crippen molar-refractivity contribution in [2.45, 2.75) is 13.8 Å². The van der Waals surface area contributed by atoms with Gasteiger partial charge in [0.1, 0.15) is 0 Å². The average Bonchev–Trinajstić information content (AvgIpc) is 3.16. The molecule has 0 bridgehead atoms. The van der Waals surface area contributed by atoms with Crippen LogP contribution in [-0.4, -0.2) is 0 Å². The highest BCUT2D eigenvalue weighted by molar-refractivity contribution is 5.93. The molecule has 7 rings (SSSR count). The van der Waals surface area contributed by atoms with Gasteiger partial charge in [0.15, 0.2) is 0 Å². The van der Waals surface area contributed by atoms with Gasteiger partial charge in [-0.2, -0.15) is 0 Å². The first-order valence-corrected chi connectivity index (χ1v) is 16.8. The molecule has 0 aliphatic rings. The maximum Gasteiger partial charge on any atom is 0.0462 e. The van der Waals surface area contributed by atoms with Gasteiger partial charge >= 0.3 is 0 Å². The zero-order valence-corrected chi connectivity index (χ0v) is 28.0. The number of anilines is 3. The lowest BCUT2D eigenvalue weighted by Gasteiger charge is -2.25. The monoisotopic (exact) mass is 629 g/mol. The summed E-state index contributed by atoms with van der Waals surface area (Å²) >= 11 is 0. The normalized spacial score (nSPS) is 11.7. The predicted octanol–water partition coefficient (Wildman–Crippen LogP) is 13.0. The third-order valence-corrected chi connectivity index (χ3v) is 8.83. The van der Waals surface area contributed by atoms with E-state index < -0.39 is 0 Å². The van der Waals surface area contributed by atoms with Gasteiger partial charge in [-0.05, 0) is 107 Å². The molecule has 0 aromatic heterocycles. The van der Waals surface area contributed by atoms with Gasteiger partial charge in [0.25, 0.3) is 0 Å². The van der Waals surface area contributed by atoms with Crippen molar-refractivity contribution in [3.63, 3.8) is 0 Å². The summed E-state index contributed by atoms with van der Waals surface area (Å²) < 4.78 is 0. The van der Waals surface area contributed by atoms with E-state index >= 15 is 0 Å². The van der Waals surface area contributed by atoms with Crippen LogP contribution >= 0.6 is 0 Å². The quantitative estimate of drug-likeness (QED) is 0.144. The van der Waals surface area contributed by atoms with E-state index in [0.717, 1.165) is 28.2 Å². The summed E-state index contributed by atoms with van der Waals surface area (Å²) in [6, 6.07) is 67.1. The highest BCUT2D eigenvalue weighted by Gasteiger charge is 2.13. The first-order valence-electron chi connectivity index (χ1n) is 16.8. The summed E-state index contributed by atoms with van der Waals surface area (Å²) in [7, 11) is 0. The molecule has 0 unspecified atom stereocenters. The first-order chi connectivity index (χ1) is 24.1. The number of hydrogen-bond donors (Lipinski definition) is 0. The summed E-state index contributed by atoms with van der Waals surface area (Å²) in [5.74, 6) is 0. The van der Waals surface area contributed by atoms with Gasteiger partial charge in [-0.15, -0.1) is 0 Å². The summed E-state index contributed by atoms with van der Waals surface area (Å²) in [5.41, 5.74) is 15.4. The second-order valence-corrected chi connectivity index (χ2v) is 12.4. The fraction of sp³-hybridized carbons (Fsp3) is 0.0417. The molecule has 1 nitrogen and oxygen atoms in total. The maximum atomic E-state index is 2.32. The van der Waals surface area contributed by atoms with Crippen LogP contribution in [0.3, 0.4) is 0 Å². The molecule has 0 fully saturated rings. The number of benzene rings is 7. The van der Waals surface area contributed by atoms with Crippen LogP contribution in [0, 0.1) is 13.8 Å². The van der Waals surface area contributed by atoms with Crippen molar-refractivity contribution in [2.24, 2.45) is 0 Å². The Morgan fingerprint density at radius 2 is 0.633 bits per heavy atom. The molecule has 0 heterocycles. The smallest absolute Gasteiger partial charge is 0.0462 e. The fourth-order valence-electron chi connectivity index (χ4n) is 6.17. The first kappa shape index (κ1) is 31.4. The van der Waals surface area contributed by atoms with Crippen LogP contribution in [0.4, 0.5) is 17.1 Å². The van der Waals surface area contributed by atoms with Gasteiger partial charge in [-0.1, -0.05) is 163 Å². The van der Waals surface area contributed by atoms with Gasteiger partial charge in [-0.25, -0.2) is 0 Å². The number of para-hydroxylation sites is 1. The lowest BCUT2D eigenvalue weighted by molar-refractivity contribution is 1.28. The number of rotatable bonds is 9. The summed E-state index contributed by atoms with van der Waals surface area (Å²) in [5, 5.41) is 0. The molecule has 0 aliphatic carbocycles. The second kappa shape index (κ2) is 14.7. The molecule has 7 aromatic carbocycles. The van der Waals surface area contributed by atoms with E-state index in [1.807, 2.05) is 0 Å². The molecule has 7 aromatic rings. The van der Waals surface area contributed by atoms with E-state index in [1.54, 1.807) is 0 Å². The number of aryl methyl sites for hydroxylation is 2. The van der Waals surface area contributed by atoms with Crippen LogP contribution in [-0.2, 0) is 0 Å². The topological polar surface area (TPSA) is 3.24 Å². The summed E-state index contributed by atoms with van der Waals surface area (Å²) in [6.07, 6.45) is 4.58. The molecule has 0 spiro atoms. The zero-order chi connectivity index (χ0) is 33.4. The predicted molar refractivity (Wildman–Crippen MR) is 210 cm³/mol. The van der Waals surface area contributed by atoms with Crippen LogP contribution in [0.5, 0.6) is 0 Å². The van der Waals surface area contributed by atoms with Crippen LogP contribution < -0.4 is 4.90 Å². The Morgan fingerprint density at radius 3 is 1.00 bits per heavy atom. The minimum absolute atomic E-state index is 1.10. The molecular formula is C48H39N. The van der Waals surface area contributed by atoms with Crippen molar-refractivity contribution >= 4 is 40.4 Å². The van der Waals surface area contributed by atoms with E-state index in [2.05, 4.69) is 219 Å². The molecule has 0 saturated heterocycles. The molecule has 236 valence electrons. The van der Waals surface area contributed by atoms with E-state index in [9.17, 15) is 0 Å². The van der Waals surface area contributed by atoms with E-state index in [-0.39, 0.29) is 0 Å². The van der Waals surface area contributed by atoms with Crippen molar-refractivity contribution < 1.29 is 0 Å². The number of hydrogen-bond acceptors (Lipinski definition) is 1. The van der Waals surface area contributed by atoms with E-state index in [0.29, 0.717) is 0 Å². The lowest BCUT2D eigenvalue weighted by atomic mass is 9.95. The Labute approximate surface area is 290 Å². The molecule has 0 aliphatic heterocycles. The van der Waals surface area contributed by atoms with Gasteiger partial charge in [-0.3, -0.25) is 0 Å². The Hall–Kier alpha value is -6.18. The SMILES string of the molecule is Cc1ccc(/C(=C/c2ccc(N(c3ccccc3)c3ccc(/C=C(\c4ccccc4)c4ccc(C)cc4)cc3)cc2)c2ccccc2)cc1. The second-order valence-electron chi connectivity index (χ2n) is 12.4. The molecule has 0 radical (unpaired) electrons. The van der Waals surface area contributed by atoms with Gasteiger partial charge in [0.05, 0.1) is 0 Å². The van der Waals surface area contributed by atoms with Crippen LogP contribution in [0.15, 0.2) is 188 Å². The lowest BCUT2D eigenvalue weighted by Crippen LogP contribution is -2.09. The Bertz CT molecular complexity index is 2020. The van der Waals surface area contributed by atoms with Crippen LogP contribution in [0.1, 0.15) is 44.5 Å². The fourth-order valence-corrected chi connectivity index (χ4v) is 6.17. The molecule has 0 saturated carbocycles. The van der Waals surface area contributed by atoms with Gasteiger partial charge < -0.3 is 4.90 Å². The minimum Gasteiger partial charge on any atom is -0.311 e. The van der Waals surface area contributed by atoms with Crippen molar-refractivity contribution in [1.82, 2.24) is 0 Å². The largest absolute Gasteiger partial charge is 0.311 e. The van der Waals surface area contributed by atoms with Crippen molar-refractivity contribution in [2.75, 3.05) is 4.90 Å². The van der Waals surface area contributed by atoms with Crippen LogP contribution in [0.25, 0.3) is 23.3 Å². The molecule has 0 amide bonds. The summed E-state index contributed by atoms with van der Waals surface area (Å²) in [6.45, 7) is 4.26. The standard InChI is InChI=1S/C48H39N/c1-36-18-26-42(27-19-36)47(40-12-6-3-7-13-40)34-38-22-30-45(31-23-38)49(44-16-10-5-11-17-44)46-32-24-39(25-33-46)35-48(41-14-8-4-9-15-41)43-28-20-37(2)21-29-43/h3-35H,1-2H3/b47-34+,48-35+. The molecule has 49 heavy (non-hydrogen) atoms. The Kier molecular flexibility index (Phi) is 9.43. The third-order valence-electron chi connectivity index (χ3n) is 8.83. The Morgan fingerprint density at radius 1 is 0.327 bits per heavy atom. The van der Waals surface area contributed by atoms with Crippen molar-refractivity contribution in [3.8, 4) is 0 Å². The van der Waals surface area contributed by atoms with Gasteiger partial charge in [0, 0.05) is 17.1 Å². The highest BCUT2D eigenvalue weighted by Crippen LogP contribution is 2.36. The average molecular weight is 630 g/mol. The third kappa shape index (κ3) is 7.53. The van der Waals surface area contributed by atoms with E-state index in [4.69, 9.17) is 0 Å². The Balaban J connectivity index is 1.23. The maximum absolute atomic E-state index is 2.32. The van der Waals surface area contributed by atoms with Crippen LogP contribution in [0.2, 0.25) is 0 Å². The van der Waals surface area contributed by atoms with Gasteiger partial charge in [0.2, 0.25) is 0 Å². The minimum atomic E-state index is 1.10. The number of nitrogens with zero attached hydrogens (tertiary/aromatic N) is 1. The van der Waals surface area contributed by atoms with E-state index in [1.165, 1.54) is 44.5 Å². The molecular weight excluding hydrogens is 591 g/mol. The molecule has 0 N–H and O–H groups in total. The summed E-state index contributed by atoms with van der Waals surface area (Å²) in [4.78, 5) is 2.32. The van der Waals surface area contributed by atoms with Crippen molar-refractivity contribution in [1.29, 1.82) is 0 Å². The van der Waals surface area contributed by atoms with Crippen molar-refractivity contribution in [3.05, 3.63) is 233 Å². The highest BCUT2D eigenvalue weighted by atomic mass is 15.1. The molecule has 1 heteroatoms. The molecule has 0 atom stereocenters.